The van der Waals surface area contributed by atoms with Crippen LogP contribution >= 0.6 is 15.9 Å². The Bertz CT molecular complexity index is 501. The molecule has 0 bridgehead atoms. The first kappa shape index (κ1) is 17.8. The van der Waals surface area contributed by atoms with Crippen molar-refractivity contribution in [2.45, 2.75) is 13.0 Å². The van der Waals surface area contributed by atoms with E-state index in [1.807, 2.05) is 0 Å². The molecule has 0 atom stereocenters. The zero-order valence-electron chi connectivity index (χ0n) is 11.7. The van der Waals surface area contributed by atoms with Crippen molar-refractivity contribution in [2.75, 3.05) is 26.8 Å². The Morgan fingerprint density at radius 3 is 2.76 bits per heavy atom. The number of halogens is 3. The van der Waals surface area contributed by atoms with Crippen molar-refractivity contribution in [2.24, 2.45) is 10.9 Å². The Labute approximate surface area is 130 Å². The molecular weight excluding hydrogens is 348 g/mol. The summed E-state index contributed by atoms with van der Waals surface area (Å²) in [5.74, 6) is -1.17. The minimum Gasteiger partial charge on any atom is -0.409 e. The molecule has 1 aromatic carbocycles. The number of nitrogens with zero attached hydrogens (tertiary/aromatic N) is 2. The second-order valence-corrected chi connectivity index (χ2v) is 5.29. The van der Waals surface area contributed by atoms with E-state index in [1.54, 1.807) is 12.0 Å². The second kappa shape index (κ2) is 8.91. The van der Waals surface area contributed by atoms with Gasteiger partial charge in [0.2, 0.25) is 0 Å². The van der Waals surface area contributed by atoms with Crippen molar-refractivity contribution in [3.63, 3.8) is 0 Å². The fourth-order valence-corrected chi connectivity index (χ4v) is 2.12. The second-order valence-electron chi connectivity index (χ2n) is 4.43. The Morgan fingerprint density at radius 2 is 2.14 bits per heavy atom. The summed E-state index contributed by atoms with van der Waals surface area (Å²) in [6, 6.07) is 2.53. The number of nitrogens with two attached hydrogens (primary N) is 1. The molecule has 0 unspecified atom stereocenters. The SMILES string of the molecule is COCCN(CC/C(N)=N/O)Cc1c(F)ccc(Br)c1F. The highest BCUT2D eigenvalue weighted by molar-refractivity contribution is 9.10. The lowest BCUT2D eigenvalue weighted by molar-refractivity contribution is 0.144. The van der Waals surface area contributed by atoms with Gasteiger partial charge >= 0.3 is 0 Å². The van der Waals surface area contributed by atoms with E-state index in [0.717, 1.165) is 0 Å². The summed E-state index contributed by atoms with van der Waals surface area (Å²) in [7, 11) is 1.54. The van der Waals surface area contributed by atoms with Crippen LogP contribution < -0.4 is 5.73 Å². The molecule has 0 saturated heterocycles. The van der Waals surface area contributed by atoms with Crippen molar-refractivity contribution in [1.82, 2.24) is 4.90 Å². The summed E-state index contributed by atoms with van der Waals surface area (Å²) in [5, 5.41) is 11.4. The average molecular weight is 366 g/mol. The third kappa shape index (κ3) is 5.56. The lowest BCUT2D eigenvalue weighted by Crippen LogP contribution is -2.31. The lowest BCUT2D eigenvalue weighted by atomic mass is 10.1. The minimum atomic E-state index is -0.624. The van der Waals surface area contributed by atoms with Crippen LogP contribution in [-0.4, -0.2) is 42.7 Å². The predicted molar refractivity (Wildman–Crippen MR) is 79.2 cm³/mol. The molecule has 8 heteroatoms. The van der Waals surface area contributed by atoms with Gasteiger partial charge in [-0.2, -0.15) is 0 Å². The average Bonchev–Trinajstić information content (AvgIpc) is 2.49. The van der Waals surface area contributed by atoms with E-state index in [1.165, 1.54) is 12.1 Å². The first-order valence-electron chi connectivity index (χ1n) is 6.29. The molecule has 0 aliphatic rings. The molecule has 1 rings (SSSR count). The molecule has 118 valence electrons. The maximum Gasteiger partial charge on any atom is 0.144 e. The fraction of sp³-hybridized carbons (Fsp3) is 0.462. The zero-order chi connectivity index (χ0) is 15.8. The van der Waals surface area contributed by atoms with Gasteiger partial charge in [-0.15, -0.1) is 0 Å². The summed E-state index contributed by atoms with van der Waals surface area (Å²) in [4.78, 5) is 1.77. The number of rotatable bonds is 8. The van der Waals surface area contributed by atoms with Crippen molar-refractivity contribution in [3.8, 4) is 0 Å². The number of ether oxygens (including phenoxy) is 1. The summed E-state index contributed by atoms with van der Waals surface area (Å²) < 4.78 is 32.9. The maximum absolute atomic E-state index is 14.0. The van der Waals surface area contributed by atoms with Gasteiger partial charge in [0.25, 0.3) is 0 Å². The third-order valence-electron chi connectivity index (χ3n) is 2.94. The van der Waals surface area contributed by atoms with Crippen LogP contribution in [0.3, 0.4) is 0 Å². The highest BCUT2D eigenvalue weighted by Crippen LogP contribution is 2.22. The van der Waals surface area contributed by atoms with Crippen LogP contribution in [0, 0.1) is 11.6 Å². The number of amidine groups is 1. The summed E-state index contributed by atoms with van der Waals surface area (Å²) >= 11 is 3.04. The molecule has 0 heterocycles. The molecule has 0 radical (unpaired) electrons. The van der Waals surface area contributed by atoms with Crippen LogP contribution in [0.2, 0.25) is 0 Å². The highest BCUT2D eigenvalue weighted by atomic mass is 79.9. The van der Waals surface area contributed by atoms with Gasteiger partial charge in [-0.3, -0.25) is 4.90 Å². The van der Waals surface area contributed by atoms with E-state index in [9.17, 15) is 8.78 Å². The largest absolute Gasteiger partial charge is 0.409 e. The van der Waals surface area contributed by atoms with E-state index in [0.29, 0.717) is 19.7 Å². The van der Waals surface area contributed by atoms with Crippen molar-refractivity contribution in [1.29, 1.82) is 0 Å². The number of hydrogen-bond donors (Lipinski definition) is 2. The normalized spacial score (nSPS) is 12.1. The zero-order valence-corrected chi connectivity index (χ0v) is 13.2. The molecule has 0 amide bonds. The van der Waals surface area contributed by atoms with Gasteiger partial charge in [0, 0.05) is 38.7 Å². The maximum atomic E-state index is 14.0. The Balaban J connectivity index is 2.82. The van der Waals surface area contributed by atoms with Crippen LogP contribution in [-0.2, 0) is 11.3 Å². The van der Waals surface area contributed by atoms with E-state index >= 15 is 0 Å². The van der Waals surface area contributed by atoms with E-state index < -0.39 is 11.6 Å². The molecular formula is C13H18BrF2N3O2. The molecule has 0 aliphatic carbocycles. The molecule has 21 heavy (non-hydrogen) atoms. The molecule has 1 aromatic rings. The van der Waals surface area contributed by atoms with Crippen LogP contribution in [0.4, 0.5) is 8.78 Å². The third-order valence-corrected chi connectivity index (χ3v) is 3.56. The van der Waals surface area contributed by atoms with Gasteiger partial charge in [0.15, 0.2) is 0 Å². The molecule has 0 saturated carbocycles. The van der Waals surface area contributed by atoms with Crippen LogP contribution in [0.5, 0.6) is 0 Å². The number of benzene rings is 1. The molecule has 0 aromatic heterocycles. The fourth-order valence-electron chi connectivity index (χ4n) is 1.75. The van der Waals surface area contributed by atoms with Gasteiger partial charge in [0.1, 0.15) is 17.5 Å². The highest BCUT2D eigenvalue weighted by Gasteiger charge is 2.16. The van der Waals surface area contributed by atoms with Crippen molar-refractivity contribution < 1.29 is 18.7 Å². The Hall–Kier alpha value is -1.25. The summed E-state index contributed by atoms with van der Waals surface area (Å²) in [6.07, 6.45) is 0.289. The summed E-state index contributed by atoms with van der Waals surface area (Å²) in [5.41, 5.74) is 5.39. The van der Waals surface area contributed by atoms with Gasteiger partial charge < -0.3 is 15.7 Å². The number of oxime groups is 1. The van der Waals surface area contributed by atoms with E-state index in [4.69, 9.17) is 15.7 Å². The molecule has 3 N–H and O–H groups in total. The molecule has 0 aliphatic heterocycles. The first-order valence-corrected chi connectivity index (χ1v) is 7.09. The van der Waals surface area contributed by atoms with Crippen LogP contribution in [0.15, 0.2) is 21.8 Å². The van der Waals surface area contributed by atoms with Gasteiger partial charge in [-0.25, -0.2) is 8.78 Å². The van der Waals surface area contributed by atoms with Gasteiger partial charge in [-0.1, -0.05) is 5.16 Å². The standard InChI is InChI=1S/C13H18BrF2N3O2/c1-21-7-6-19(5-4-12(17)18-20)8-9-11(15)3-2-10(14)13(9)16/h2-3,20H,4-8H2,1H3,(H2,17,18). The van der Waals surface area contributed by atoms with Crippen molar-refractivity contribution in [3.05, 3.63) is 33.8 Å². The molecule has 5 nitrogen and oxygen atoms in total. The minimum absolute atomic E-state index is 0.0278. The quantitative estimate of drug-likeness (QED) is 0.244. The number of hydrogen-bond acceptors (Lipinski definition) is 4. The van der Waals surface area contributed by atoms with Crippen LogP contribution in [0.25, 0.3) is 0 Å². The van der Waals surface area contributed by atoms with Gasteiger partial charge in [-0.05, 0) is 28.1 Å². The Kier molecular flexibility index (Phi) is 7.55. The van der Waals surface area contributed by atoms with Crippen LogP contribution in [0.1, 0.15) is 12.0 Å². The Morgan fingerprint density at radius 1 is 1.43 bits per heavy atom. The van der Waals surface area contributed by atoms with Crippen molar-refractivity contribution >= 4 is 21.8 Å². The smallest absolute Gasteiger partial charge is 0.144 e. The topological polar surface area (TPSA) is 71.1 Å². The number of methoxy groups -OCH3 is 1. The monoisotopic (exact) mass is 365 g/mol. The molecule has 0 fully saturated rings. The van der Waals surface area contributed by atoms with E-state index in [2.05, 4.69) is 21.1 Å². The first-order chi connectivity index (χ1) is 9.99. The summed E-state index contributed by atoms with van der Waals surface area (Å²) in [6.45, 7) is 1.35. The van der Waals surface area contributed by atoms with Gasteiger partial charge in [0.05, 0.1) is 11.1 Å². The predicted octanol–water partition coefficient (Wildman–Crippen LogP) is 2.31. The van der Waals surface area contributed by atoms with E-state index in [-0.39, 0.29) is 28.8 Å². The molecule has 0 spiro atoms. The lowest BCUT2D eigenvalue weighted by Gasteiger charge is -2.22.